The van der Waals surface area contributed by atoms with Gasteiger partial charge in [-0.1, -0.05) is 35.9 Å². The molecule has 1 heterocycles. The molecule has 1 aliphatic heterocycles. The van der Waals surface area contributed by atoms with E-state index in [1.165, 1.54) is 11.1 Å². The van der Waals surface area contributed by atoms with E-state index >= 15 is 0 Å². The zero-order chi connectivity index (χ0) is 21.4. The van der Waals surface area contributed by atoms with Crippen molar-refractivity contribution in [2.45, 2.75) is 18.4 Å². The number of amides is 1. The Morgan fingerprint density at radius 1 is 1.06 bits per heavy atom. The standard InChI is InChI=1S/C26H23ClN2O2/c1-31-20-12-10-19(11-13-20)28-26(30)17-7-14-24-23(15-17)21-3-2-4-22(21)25(29-24)16-5-8-18(27)9-6-16/h2-3,5-15,21-22,25,29H,4H2,1H3,(H,28,30)/t21-,22+,25+/m1/s1. The zero-order valence-corrected chi connectivity index (χ0v) is 17.9. The van der Waals surface area contributed by atoms with Crippen LogP contribution in [0.5, 0.6) is 5.75 Å². The van der Waals surface area contributed by atoms with Gasteiger partial charge in [0.1, 0.15) is 5.75 Å². The van der Waals surface area contributed by atoms with Crippen molar-refractivity contribution >= 4 is 28.9 Å². The van der Waals surface area contributed by atoms with Gasteiger partial charge in [0, 0.05) is 27.9 Å². The number of benzene rings is 3. The lowest BCUT2D eigenvalue weighted by atomic mass is 9.76. The van der Waals surface area contributed by atoms with E-state index in [9.17, 15) is 4.79 Å². The van der Waals surface area contributed by atoms with Gasteiger partial charge >= 0.3 is 0 Å². The van der Waals surface area contributed by atoms with E-state index in [0.717, 1.165) is 28.6 Å². The molecule has 0 saturated heterocycles. The second-order valence-electron chi connectivity index (χ2n) is 8.01. The minimum absolute atomic E-state index is 0.119. The van der Waals surface area contributed by atoms with E-state index in [0.29, 0.717) is 11.5 Å². The van der Waals surface area contributed by atoms with Gasteiger partial charge in [0.25, 0.3) is 5.91 Å². The third-order valence-corrected chi connectivity index (χ3v) is 6.45. The average Bonchev–Trinajstić information content (AvgIpc) is 3.30. The van der Waals surface area contributed by atoms with Gasteiger partial charge in [-0.2, -0.15) is 0 Å². The molecule has 0 aromatic heterocycles. The summed E-state index contributed by atoms with van der Waals surface area (Å²) in [6.07, 6.45) is 5.53. The first-order valence-electron chi connectivity index (χ1n) is 10.4. The van der Waals surface area contributed by atoms with Crippen LogP contribution in [0.1, 0.15) is 39.9 Å². The molecule has 0 saturated carbocycles. The van der Waals surface area contributed by atoms with E-state index in [1.54, 1.807) is 7.11 Å². The van der Waals surface area contributed by atoms with Gasteiger partial charge in [0.2, 0.25) is 0 Å². The van der Waals surface area contributed by atoms with Crippen molar-refractivity contribution in [3.63, 3.8) is 0 Å². The summed E-state index contributed by atoms with van der Waals surface area (Å²) in [5.74, 6) is 1.33. The Balaban J connectivity index is 1.41. The molecule has 4 nitrogen and oxygen atoms in total. The number of nitrogens with one attached hydrogen (secondary N) is 2. The molecule has 5 heteroatoms. The number of hydrogen-bond acceptors (Lipinski definition) is 3. The number of hydrogen-bond donors (Lipinski definition) is 2. The maximum Gasteiger partial charge on any atom is 0.255 e. The number of methoxy groups -OCH3 is 1. The van der Waals surface area contributed by atoms with Crippen molar-refractivity contribution in [2.75, 3.05) is 17.7 Å². The number of carbonyl (C=O) groups excluding carboxylic acids is 1. The summed E-state index contributed by atoms with van der Waals surface area (Å²) < 4.78 is 5.17. The Bertz CT molecular complexity index is 1140. The van der Waals surface area contributed by atoms with Gasteiger partial charge in [-0.05, 0) is 78.1 Å². The van der Waals surface area contributed by atoms with Gasteiger partial charge in [0.15, 0.2) is 0 Å². The monoisotopic (exact) mass is 430 g/mol. The molecule has 2 aliphatic rings. The van der Waals surface area contributed by atoms with Crippen molar-refractivity contribution in [2.24, 2.45) is 5.92 Å². The summed E-state index contributed by atoms with van der Waals surface area (Å²) in [6.45, 7) is 0. The third kappa shape index (κ3) is 3.79. The summed E-state index contributed by atoms with van der Waals surface area (Å²) in [5, 5.41) is 7.42. The van der Waals surface area contributed by atoms with Crippen LogP contribution < -0.4 is 15.4 Å². The molecule has 3 atom stereocenters. The van der Waals surface area contributed by atoms with Crippen LogP contribution in [-0.4, -0.2) is 13.0 Å². The van der Waals surface area contributed by atoms with Crippen molar-refractivity contribution in [3.8, 4) is 5.75 Å². The van der Waals surface area contributed by atoms with Gasteiger partial charge in [-0.15, -0.1) is 0 Å². The fraction of sp³-hybridized carbons (Fsp3) is 0.192. The number of anilines is 2. The highest BCUT2D eigenvalue weighted by Gasteiger charge is 2.38. The first-order chi connectivity index (χ1) is 15.1. The van der Waals surface area contributed by atoms with Crippen LogP contribution in [0.4, 0.5) is 11.4 Å². The Morgan fingerprint density at radius 2 is 1.84 bits per heavy atom. The Kier molecular flexibility index (Phi) is 5.16. The van der Waals surface area contributed by atoms with E-state index in [2.05, 4.69) is 34.9 Å². The van der Waals surface area contributed by atoms with Gasteiger partial charge in [-0.25, -0.2) is 0 Å². The maximum absolute atomic E-state index is 12.9. The smallest absolute Gasteiger partial charge is 0.255 e. The number of halogens is 1. The quantitative estimate of drug-likeness (QED) is 0.469. The molecule has 0 bridgehead atoms. The van der Waals surface area contributed by atoms with Crippen LogP contribution >= 0.6 is 11.6 Å². The molecule has 156 valence electrons. The molecule has 31 heavy (non-hydrogen) atoms. The number of fused-ring (bicyclic) bond motifs is 3. The summed E-state index contributed by atoms with van der Waals surface area (Å²) in [4.78, 5) is 12.9. The summed E-state index contributed by atoms with van der Waals surface area (Å²) in [6, 6.07) is 21.5. The van der Waals surface area contributed by atoms with Gasteiger partial charge < -0.3 is 15.4 Å². The number of ether oxygens (including phenoxy) is 1. The van der Waals surface area contributed by atoms with Crippen LogP contribution in [0.3, 0.4) is 0 Å². The predicted octanol–water partition coefficient (Wildman–Crippen LogP) is 6.43. The molecule has 1 amide bonds. The first-order valence-corrected chi connectivity index (χ1v) is 10.8. The molecule has 2 N–H and O–H groups in total. The summed E-state index contributed by atoms with van der Waals surface area (Å²) in [7, 11) is 1.62. The van der Waals surface area contributed by atoms with Crippen molar-refractivity contribution in [3.05, 3.63) is 101 Å². The van der Waals surface area contributed by atoms with Crippen molar-refractivity contribution in [1.29, 1.82) is 0 Å². The van der Waals surface area contributed by atoms with Gasteiger partial charge in [-0.3, -0.25) is 4.79 Å². The second-order valence-corrected chi connectivity index (χ2v) is 8.45. The minimum Gasteiger partial charge on any atom is -0.497 e. The van der Waals surface area contributed by atoms with Crippen LogP contribution in [-0.2, 0) is 0 Å². The van der Waals surface area contributed by atoms with Crippen LogP contribution in [0.15, 0.2) is 78.9 Å². The van der Waals surface area contributed by atoms with E-state index in [4.69, 9.17) is 16.3 Å². The maximum atomic E-state index is 12.9. The minimum atomic E-state index is -0.119. The van der Waals surface area contributed by atoms with Crippen LogP contribution in [0.2, 0.25) is 5.02 Å². The lowest BCUT2D eigenvalue weighted by Gasteiger charge is -2.37. The number of rotatable bonds is 4. The number of carbonyl (C=O) groups is 1. The molecule has 1 aliphatic carbocycles. The fourth-order valence-corrected chi connectivity index (χ4v) is 4.74. The van der Waals surface area contributed by atoms with Crippen LogP contribution in [0.25, 0.3) is 0 Å². The average molecular weight is 431 g/mol. The Morgan fingerprint density at radius 3 is 2.58 bits per heavy atom. The van der Waals surface area contributed by atoms with Crippen molar-refractivity contribution < 1.29 is 9.53 Å². The molecule has 0 spiro atoms. The highest BCUT2D eigenvalue weighted by atomic mass is 35.5. The molecule has 0 radical (unpaired) electrons. The van der Waals surface area contributed by atoms with Gasteiger partial charge in [0.05, 0.1) is 13.2 Å². The molecule has 3 aromatic carbocycles. The lowest BCUT2D eigenvalue weighted by Crippen LogP contribution is -2.29. The molecule has 5 rings (SSSR count). The SMILES string of the molecule is COc1ccc(NC(=O)c2ccc3c(c2)[C@@H]2C=CC[C@@H]2[C@H](c2ccc(Cl)cc2)N3)cc1. The highest BCUT2D eigenvalue weighted by molar-refractivity contribution is 6.30. The normalized spacial score (nSPS) is 21.0. The van der Waals surface area contributed by atoms with Crippen molar-refractivity contribution in [1.82, 2.24) is 0 Å². The molecular formula is C26H23ClN2O2. The zero-order valence-electron chi connectivity index (χ0n) is 17.1. The summed E-state index contributed by atoms with van der Waals surface area (Å²) in [5.41, 5.74) is 4.87. The lowest BCUT2D eigenvalue weighted by molar-refractivity contribution is 0.102. The topological polar surface area (TPSA) is 50.4 Å². The molecule has 3 aromatic rings. The second kappa shape index (κ2) is 8.12. The highest BCUT2D eigenvalue weighted by Crippen LogP contribution is 2.50. The first kappa shape index (κ1) is 19.7. The number of allylic oxidation sites excluding steroid dienone is 2. The molecular weight excluding hydrogens is 408 g/mol. The predicted molar refractivity (Wildman–Crippen MR) is 125 cm³/mol. The third-order valence-electron chi connectivity index (χ3n) is 6.20. The fourth-order valence-electron chi connectivity index (χ4n) is 4.61. The van der Waals surface area contributed by atoms with E-state index in [1.807, 2.05) is 54.6 Å². The molecule has 0 unspecified atom stereocenters. The largest absolute Gasteiger partial charge is 0.497 e. The van der Waals surface area contributed by atoms with E-state index < -0.39 is 0 Å². The van der Waals surface area contributed by atoms with E-state index in [-0.39, 0.29) is 17.9 Å². The Labute approximate surface area is 186 Å². The summed E-state index contributed by atoms with van der Waals surface area (Å²) >= 11 is 6.09. The Hall–Kier alpha value is -3.24. The van der Waals surface area contributed by atoms with Crippen LogP contribution in [0, 0.1) is 5.92 Å². The molecule has 0 fully saturated rings.